The molecule has 88 valence electrons. The van der Waals surface area contributed by atoms with Crippen molar-refractivity contribution in [2.45, 2.75) is 27.7 Å². The molecule has 0 saturated carbocycles. The maximum absolute atomic E-state index is 12.1. The molecule has 0 fully saturated rings. The molecular formula is C13H17ClO2. The van der Waals surface area contributed by atoms with Gasteiger partial charge in [0.05, 0.1) is 12.7 Å². The number of ketones is 1. The van der Waals surface area contributed by atoms with Gasteiger partial charge in [-0.15, -0.1) is 0 Å². The van der Waals surface area contributed by atoms with Gasteiger partial charge in [0.15, 0.2) is 5.78 Å². The van der Waals surface area contributed by atoms with E-state index >= 15 is 0 Å². The molecule has 2 nitrogen and oxygen atoms in total. The summed E-state index contributed by atoms with van der Waals surface area (Å²) >= 11 is 6.15. The van der Waals surface area contributed by atoms with Crippen molar-refractivity contribution in [3.8, 4) is 5.75 Å². The van der Waals surface area contributed by atoms with E-state index in [0.717, 1.165) is 11.1 Å². The van der Waals surface area contributed by atoms with Crippen molar-refractivity contribution in [3.63, 3.8) is 0 Å². The molecule has 16 heavy (non-hydrogen) atoms. The van der Waals surface area contributed by atoms with Crippen LogP contribution in [0.15, 0.2) is 6.07 Å². The molecule has 0 amide bonds. The maximum atomic E-state index is 12.1. The molecule has 1 aromatic rings. The minimum absolute atomic E-state index is 0.0635. The SMILES string of the molecule is COc1cc(C)c(Cl)c(C)c1C(=O)C(C)C. The van der Waals surface area contributed by atoms with E-state index in [-0.39, 0.29) is 11.7 Å². The number of rotatable bonds is 3. The zero-order chi connectivity index (χ0) is 12.5. The quantitative estimate of drug-likeness (QED) is 0.751. The minimum atomic E-state index is -0.0635. The number of carbonyl (C=O) groups excluding carboxylic acids is 1. The highest BCUT2D eigenvalue weighted by Gasteiger charge is 2.21. The molecule has 0 aliphatic carbocycles. The van der Waals surface area contributed by atoms with E-state index in [4.69, 9.17) is 16.3 Å². The van der Waals surface area contributed by atoms with Crippen LogP contribution in [0.4, 0.5) is 0 Å². The topological polar surface area (TPSA) is 26.3 Å². The lowest BCUT2D eigenvalue weighted by atomic mass is 9.94. The highest BCUT2D eigenvalue weighted by molar-refractivity contribution is 6.32. The van der Waals surface area contributed by atoms with E-state index in [1.54, 1.807) is 7.11 Å². The van der Waals surface area contributed by atoms with Gasteiger partial charge in [-0.2, -0.15) is 0 Å². The standard InChI is InChI=1S/C13H17ClO2/c1-7(2)13(15)11-9(4)12(14)8(3)6-10(11)16-5/h6-7H,1-5H3. The van der Waals surface area contributed by atoms with Crippen LogP contribution in [0.3, 0.4) is 0 Å². The van der Waals surface area contributed by atoms with Gasteiger partial charge in [-0.05, 0) is 31.0 Å². The molecule has 0 aliphatic rings. The highest BCUT2D eigenvalue weighted by atomic mass is 35.5. The summed E-state index contributed by atoms with van der Waals surface area (Å²) in [5.74, 6) is 0.612. The Hall–Kier alpha value is -1.02. The van der Waals surface area contributed by atoms with Crippen molar-refractivity contribution in [3.05, 3.63) is 27.8 Å². The molecular weight excluding hydrogens is 224 g/mol. The first-order valence-corrected chi connectivity index (χ1v) is 5.65. The Morgan fingerprint density at radius 2 is 1.94 bits per heavy atom. The number of halogens is 1. The number of methoxy groups -OCH3 is 1. The van der Waals surface area contributed by atoms with Gasteiger partial charge in [-0.1, -0.05) is 25.4 Å². The van der Waals surface area contributed by atoms with E-state index in [9.17, 15) is 4.79 Å². The first-order valence-electron chi connectivity index (χ1n) is 5.28. The Balaban J connectivity index is 3.47. The fourth-order valence-electron chi connectivity index (χ4n) is 1.68. The number of hydrogen-bond donors (Lipinski definition) is 0. The van der Waals surface area contributed by atoms with Crippen LogP contribution >= 0.6 is 11.6 Å². The van der Waals surface area contributed by atoms with Gasteiger partial charge in [0.1, 0.15) is 5.75 Å². The molecule has 3 heteroatoms. The number of hydrogen-bond acceptors (Lipinski definition) is 2. The number of carbonyl (C=O) groups is 1. The fraction of sp³-hybridized carbons (Fsp3) is 0.462. The van der Waals surface area contributed by atoms with Crippen LogP contribution in [-0.4, -0.2) is 12.9 Å². The zero-order valence-corrected chi connectivity index (χ0v) is 11.1. The van der Waals surface area contributed by atoms with Gasteiger partial charge in [0.2, 0.25) is 0 Å². The average molecular weight is 241 g/mol. The monoisotopic (exact) mass is 240 g/mol. The number of aryl methyl sites for hydroxylation is 1. The molecule has 0 aliphatic heterocycles. The Morgan fingerprint density at radius 3 is 2.38 bits per heavy atom. The maximum Gasteiger partial charge on any atom is 0.169 e. The third kappa shape index (κ3) is 2.22. The van der Waals surface area contributed by atoms with Crippen LogP contribution in [0.2, 0.25) is 5.02 Å². The third-order valence-electron chi connectivity index (χ3n) is 2.64. The van der Waals surface area contributed by atoms with Gasteiger partial charge in [0.25, 0.3) is 0 Å². The Labute approximate surface area is 102 Å². The van der Waals surface area contributed by atoms with E-state index in [1.807, 2.05) is 33.8 Å². The minimum Gasteiger partial charge on any atom is -0.496 e. The van der Waals surface area contributed by atoms with Crippen LogP contribution < -0.4 is 4.74 Å². The van der Waals surface area contributed by atoms with E-state index in [0.29, 0.717) is 16.3 Å². The largest absolute Gasteiger partial charge is 0.496 e. The van der Waals surface area contributed by atoms with Crippen molar-refractivity contribution in [1.29, 1.82) is 0 Å². The molecule has 0 saturated heterocycles. The molecule has 1 rings (SSSR count). The summed E-state index contributed by atoms with van der Waals surface area (Å²) in [4.78, 5) is 12.1. The summed E-state index contributed by atoms with van der Waals surface area (Å²) < 4.78 is 5.25. The van der Waals surface area contributed by atoms with E-state index < -0.39 is 0 Å². The molecule has 0 radical (unpaired) electrons. The van der Waals surface area contributed by atoms with Crippen molar-refractivity contribution in [2.24, 2.45) is 5.92 Å². The van der Waals surface area contributed by atoms with Crippen LogP contribution in [0.5, 0.6) is 5.75 Å². The Morgan fingerprint density at radius 1 is 1.38 bits per heavy atom. The van der Waals surface area contributed by atoms with Crippen LogP contribution in [0.25, 0.3) is 0 Å². The number of benzene rings is 1. The van der Waals surface area contributed by atoms with Crippen LogP contribution in [0.1, 0.15) is 35.3 Å². The second kappa shape index (κ2) is 4.88. The lowest BCUT2D eigenvalue weighted by Gasteiger charge is -2.15. The molecule has 0 aromatic heterocycles. The normalized spacial score (nSPS) is 10.7. The third-order valence-corrected chi connectivity index (χ3v) is 3.22. The molecule has 1 aromatic carbocycles. The molecule has 0 unspecified atom stereocenters. The second-order valence-electron chi connectivity index (χ2n) is 4.23. The summed E-state index contributed by atoms with van der Waals surface area (Å²) in [6, 6.07) is 1.81. The smallest absolute Gasteiger partial charge is 0.169 e. The Kier molecular flexibility index (Phi) is 3.98. The van der Waals surface area contributed by atoms with E-state index in [2.05, 4.69) is 0 Å². The van der Waals surface area contributed by atoms with Crippen molar-refractivity contribution in [2.75, 3.05) is 7.11 Å². The van der Waals surface area contributed by atoms with Crippen LogP contribution in [0, 0.1) is 19.8 Å². The summed E-state index contributed by atoms with van der Waals surface area (Å²) in [6.45, 7) is 7.50. The van der Waals surface area contributed by atoms with Crippen molar-refractivity contribution in [1.82, 2.24) is 0 Å². The summed E-state index contributed by atoms with van der Waals surface area (Å²) in [7, 11) is 1.57. The Bertz CT molecular complexity index is 422. The average Bonchev–Trinajstić information content (AvgIpc) is 2.24. The first kappa shape index (κ1) is 13.0. The zero-order valence-electron chi connectivity index (χ0n) is 10.3. The van der Waals surface area contributed by atoms with Crippen molar-refractivity contribution >= 4 is 17.4 Å². The lowest BCUT2D eigenvalue weighted by molar-refractivity contribution is 0.0935. The van der Waals surface area contributed by atoms with Gasteiger partial charge in [-0.3, -0.25) is 4.79 Å². The summed E-state index contributed by atoms with van der Waals surface area (Å²) in [5.41, 5.74) is 2.33. The first-order chi connectivity index (χ1) is 7.40. The van der Waals surface area contributed by atoms with Gasteiger partial charge in [0, 0.05) is 10.9 Å². The van der Waals surface area contributed by atoms with Gasteiger partial charge in [-0.25, -0.2) is 0 Å². The lowest BCUT2D eigenvalue weighted by Crippen LogP contribution is -2.12. The second-order valence-corrected chi connectivity index (χ2v) is 4.61. The summed E-state index contributed by atoms with van der Waals surface area (Å²) in [6.07, 6.45) is 0. The highest BCUT2D eigenvalue weighted by Crippen LogP contribution is 2.33. The summed E-state index contributed by atoms with van der Waals surface area (Å²) in [5, 5.41) is 0.643. The predicted molar refractivity (Wildman–Crippen MR) is 66.6 cm³/mol. The molecule has 0 heterocycles. The number of Topliss-reactive ketones (excluding diaryl/α,β-unsaturated/α-hetero) is 1. The van der Waals surface area contributed by atoms with E-state index in [1.165, 1.54) is 0 Å². The predicted octanol–water partition coefficient (Wildman–Crippen LogP) is 3.80. The van der Waals surface area contributed by atoms with Crippen LogP contribution in [-0.2, 0) is 0 Å². The van der Waals surface area contributed by atoms with Gasteiger partial charge < -0.3 is 4.74 Å². The van der Waals surface area contributed by atoms with Crippen molar-refractivity contribution < 1.29 is 9.53 Å². The molecule has 0 atom stereocenters. The molecule has 0 spiro atoms. The molecule has 0 bridgehead atoms. The van der Waals surface area contributed by atoms with Gasteiger partial charge >= 0.3 is 0 Å². The molecule has 0 N–H and O–H groups in total. The fourth-order valence-corrected chi connectivity index (χ4v) is 1.83. The number of ether oxygens (including phenoxy) is 1.